The van der Waals surface area contributed by atoms with Crippen molar-refractivity contribution in [3.63, 3.8) is 0 Å². The molecule has 6 nitrogen and oxygen atoms in total. The summed E-state index contributed by atoms with van der Waals surface area (Å²) in [4.78, 5) is 24.8. The van der Waals surface area contributed by atoms with Gasteiger partial charge in [0, 0.05) is 16.9 Å². The monoisotopic (exact) mass is 404 g/mol. The first-order valence-corrected chi connectivity index (χ1v) is 9.55. The highest BCUT2D eigenvalue weighted by atomic mass is 16.5. The summed E-state index contributed by atoms with van der Waals surface area (Å²) in [5.41, 5.74) is 2.78. The second-order valence-corrected chi connectivity index (χ2v) is 6.77. The normalized spacial score (nSPS) is 11.3. The third kappa shape index (κ3) is 5.38. The zero-order valence-electron chi connectivity index (χ0n) is 17.1. The van der Waals surface area contributed by atoms with Crippen molar-refractivity contribution in [3.8, 4) is 11.5 Å². The summed E-state index contributed by atoms with van der Waals surface area (Å²) < 4.78 is 10.8. The number of aryl methyl sites for hydroxylation is 1. The highest BCUT2D eigenvalue weighted by molar-refractivity contribution is 6.05. The van der Waals surface area contributed by atoms with Crippen molar-refractivity contribution < 1.29 is 19.1 Å². The molecule has 1 unspecified atom stereocenters. The molecule has 0 bridgehead atoms. The molecule has 0 aliphatic rings. The Hall–Kier alpha value is -3.80. The first-order chi connectivity index (χ1) is 14.5. The van der Waals surface area contributed by atoms with Gasteiger partial charge in [-0.05, 0) is 74.0 Å². The molecule has 3 rings (SSSR count). The van der Waals surface area contributed by atoms with E-state index in [4.69, 9.17) is 9.47 Å². The fourth-order valence-corrected chi connectivity index (χ4v) is 2.82. The van der Waals surface area contributed by atoms with Crippen LogP contribution in [0.25, 0.3) is 0 Å². The quantitative estimate of drug-likeness (QED) is 0.600. The van der Waals surface area contributed by atoms with E-state index in [1.165, 1.54) is 0 Å². The minimum atomic E-state index is -0.682. The van der Waals surface area contributed by atoms with Gasteiger partial charge in [-0.25, -0.2) is 0 Å². The molecule has 0 heterocycles. The predicted octanol–water partition coefficient (Wildman–Crippen LogP) is 4.66. The molecule has 0 aromatic heterocycles. The van der Waals surface area contributed by atoms with Crippen LogP contribution in [0.4, 0.5) is 11.4 Å². The molecule has 154 valence electrons. The number of benzene rings is 3. The zero-order chi connectivity index (χ0) is 21.5. The molecule has 0 saturated carbocycles. The molecule has 3 aromatic rings. The standard InChI is InChI=1S/C24H24N2O4/c1-16-6-4-5-7-22(16)24(28)26-19-10-8-18(9-11-19)25-23(27)17(2)30-21-14-12-20(29-3)13-15-21/h4-15,17H,1-3H3,(H,25,27)(H,26,28). The first kappa shape index (κ1) is 20.9. The van der Waals surface area contributed by atoms with E-state index in [1.807, 2.05) is 25.1 Å². The first-order valence-electron chi connectivity index (χ1n) is 9.55. The van der Waals surface area contributed by atoms with Gasteiger partial charge in [0.1, 0.15) is 11.5 Å². The maximum absolute atomic E-state index is 12.4. The summed E-state index contributed by atoms with van der Waals surface area (Å²) in [5.74, 6) is 0.843. The number of amides is 2. The number of methoxy groups -OCH3 is 1. The SMILES string of the molecule is COc1ccc(OC(C)C(=O)Nc2ccc(NC(=O)c3ccccc3C)cc2)cc1. The minimum absolute atomic E-state index is 0.175. The molecule has 2 N–H and O–H groups in total. The summed E-state index contributed by atoms with van der Waals surface area (Å²) in [6.07, 6.45) is -0.682. The number of rotatable bonds is 7. The number of nitrogens with one attached hydrogen (secondary N) is 2. The van der Waals surface area contributed by atoms with Gasteiger partial charge in [0.2, 0.25) is 0 Å². The lowest BCUT2D eigenvalue weighted by molar-refractivity contribution is -0.122. The van der Waals surface area contributed by atoms with Crippen LogP contribution in [0.3, 0.4) is 0 Å². The lowest BCUT2D eigenvalue weighted by atomic mass is 10.1. The molecule has 2 amide bonds. The van der Waals surface area contributed by atoms with Gasteiger partial charge in [-0.15, -0.1) is 0 Å². The van der Waals surface area contributed by atoms with E-state index in [0.29, 0.717) is 28.4 Å². The zero-order valence-corrected chi connectivity index (χ0v) is 17.1. The van der Waals surface area contributed by atoms with Crippen LogP contribution in [0, 0.1) is 6.92 Å². The smallest absolute Gasteiger partial charge is 0.265 e. The number of anilines is 2. The molecule has 30 heavy (non-hydrogen) atoms. The highest BCUT2D eigenvalue weighted by Crippen LogP contribution is 2.19. The van der Waals surface area contributed by atoms with E-state index in [-0.39, 0.29) is 11.8 Å². The molecule has 0 saturated heterocycles. The van der Waals surface area contributed by atoms with Crippen molar-refractivity contribution in [1.82, 2.24) is 0 Å². The molecule has 6 heteroatoms. The summed E-state index contributed by atoms with van der Waals surface area (Å²) >= 11 is 0. The molecular weight excluding hydrogens is 380 g/mol. The minimum Gasteiger partial charge on any atom is -0.497 e. The van der Waals surface area contributed by atoms with Crippen LogP contribution in [0.2, 0.25) is 0 Å². The largest absolute Gasteiger partial charge is 0.497 e. The fraction of sp³-hybridized carbons (Fsp3) is 0.167. The van der Waals surface area contributed by atoms with Crippen molar-refractivity contribution in [3.05, 3.63) is 83.9 Å². The Bertz CT molecular complexity index is 1010. The van der Waals surface area contributed by atoms with Gasteiger partial charge in [-0.2, -0.15) is 0 Å². The Morgan fingerprint density at radius 2 is 1.37 bits per heavy atom. The Labute approximate surface area is 175 Å². The highest BCUT2D eigenvalue weighted by Gasteiger charge is 2.15. The lowest BCUT2D eigenvalue weighted by Gasteiger charge is -2.15. The number of carbonyl (C=O) groups excluding carboxylic acids is 2. The summed E-state index contributed by atoms with van der Waals surface area (Å²) in [5, 5.41) is 5.66. The molecule has 0 aliphatic carbocycles. The summed E-state index contributed by atoms with van der Waals surface area (Å²) in [6, 6.07) is 21.3. The number of hydrogen-bond donors (Lipinski definition) is 2. The molecular formula is C24H24N2O4. The van der Waals surface area contributed by atoms with E-state index in [2.05, 4.69) is 10.6 Å². The van der Waals surface area contributed by atoms with Crippen molar-refractivity contribution >= 4 is 23.2 Å². The van der Waals surface area contributed by atoms with Gasteiger partial charge in [-0.1, -0.05) is 18.2 Å². The molecule has 0 spiro atoms. The second kappa shape index (κ2) is 9.60. The Balaban J connectivity index is 1.56. The number of hydrogen-bond acceptors (Lipinski definition) is 4. The van der Waals surface area contributed by atoms with Crippen LogP contribution < -0.4 is 20.1 Å². The van der Waals surface area contributed by atoms with Crippen LogP contribution in [0.1, 0.15) is 22.8 Å². The molecule has 0 fully saturated rings. The van der Waals surface area contributed by atoms with Gasteiger partial charge in [-0.3, -0.25) is 9.59 Å². The van der Waals surface area contributed by atoms with Gasteiger partial charge >= 0.3 is 0 Å². The Kier molecular flexibility index (Phi) is 6.70. The topological polar surface area (TPSA) is 76.7 Å². The van der Waals surface area contributed by atoms with Crippen LogP contribution in [-0.4, -0.2) is 25.0 Å². The van der Waals surface area contributed by atoms with Crippen LogP contribution in [-0.2, 0) is 4.79 Å². The number of carbonyl (C=O) groups is 2. The maximum atomic E-state index is 12.4. The van der Waals surface area contributed by atoms with Crippen molar-refractivity contribution in [2.75, 3.05) is 17.7 Å². The predicted molar refractivity (Wildman–Crippen MR) is 117 cm³/mol. The van der Waals surface area contributed by atoms with Gasteiger partial charge in [0.05, 0.1) is 7.11 Å². The van der Waals surface area contributed by atoms with Gasteiger partial charge in [0.25, 0.3) is 11.8 Å². The third-order valence-corrected chi connectivity index (χ3v) is 4.54. The fourth-order valence-electron chi connectivity index (χ4n) is 2.82. The molecule has 1 atom stereocenters. The van der Waals surface area contributed by atoms with Gasteiger partial charge < -0.3 is 20.1 Å². The van der Waals surface area contributed by atoms with Crippen LogP contribution >= 0.6 is 0 Å². The lowest BCUT2D eigenvalue weighted by Crippen LogP contribution is -2.30. The summed E-state index contributed by atoms with van der Waals surface area (Å²) in [6.45, 7) is 3.57. The molecule has 3 aromatic carbocycles. The van der Waals surface area contributed by atoms with E-state index in [0.717, 1.165) is 5.56 Å². The average molecular weight is 404 g/mol. The van der Waals surface area contributed by atoms with E-state index >= 15 is 0 Å². The van der Waals surface area contributed by atoms with Crippen molar-refractivity contribution in [2.24, 2.45) is 0 Å². The van der Waals surface area contributed by atoms with Crippen LogP contribution in [0.5, 0.6) is 11.5 Å². The van der Waals surface area contributed by atoms with Crippen molar-refractivity contribution in [2.45, 2.75) is 20.0 Å². The molecule has 0 radical (unpaired) electrons. The summed E-state index contributed by atoms with van der Waals surface area (Å²) in [7, 11) is 1.59. The van der Waals surface area contributed by atoms with Crippen molar-refractivity contribution in [1.29, 1.82) is 0 Å². The van der Waals surface area contributed by atoms with Crippen LogP contribution in [0.15, 0.2) is 72.8 Å². The molecule has 0 aliphatic heterocycles. The Morgan fingerprint density at radius 1 is 0.800 bits per heavy atom. The third-order valence-electron chi connectivity index (χ3n) is 4.54. The number of ether oxygens (including phenoxy) is 2. The maximum Gasteiger partial charge on any atom is 0.265 e. The Morgan fingerprint density at radius 3 is 1.97 bits per heavy atom. The second-order valence-electron chi connectivity index (χ2n) is 6.77. The van der Waals surface area contributed by atoms with E-state index < -0.39 is 6.10 Å². The van der Waals surface area contributed by atoms with Gasteiger partial charge in [0.15, 0.2) is 6.10 Å². The van der Waals surface area contributed by atoms with E-state index in [9.17, 15) is 9.59 Å². The average Bonchev–Trinajstić information content (AvgIpc) is 2.75. The van der Waals surface area contributed by atoms with E-state index in [1.54, 1.807) is 68.6 Å².